The highest BCUT2D eigenvalue weighted by Gasteiger charge is 2.22. The molecular formula is C13H17N3O. The van der Waals surface area contributed by atoms with Crippen LogP contribution in [0.2, 0.25) is 0 Å². The molecule has 1 N–H and O–H groups in total. The summed E-state index contributed by atoms with van der Waals surface area (Å²) in [5.41, 5.74) is 3.55. The molecule has 1 saturated carbocycles. The third kappa shape index (κ3) is 1.93. The first-order valence-corrected chi connectivity index (χ1v) is 6.22. The molecule has 0 aliphatic heterocycles. The molecule has 0 aromatic carbocycles. The SMILES string of the molecule is Cc1cc2ncnn2cc1C1CCC(O)CC1. The van der Waals surface area contributed by atoms with Crippen molar-refractivity contribution in [1.82, 2.24) is 14.6 Å². The topological polar surface area (TPSA) is 50.4 Å². The zero-order valence-corrected chi connectivity index (χ0v) is 10.0. The highest BCUT2D eigenvalue weighted by molar-refractivity contribution is 5.43. The summed E-state index contributed by atoms with van der Waals surface area (Å²) in [6.07, 6.45) is 7.56. The number of aryl methyl sites for hydroxylation is 1. The van der Waals surface area contributed by atoms with E-state index in [2.05, 4.69) is 29.3 Å². The van der Waals surface area contributed by atoms with E-state index in [0.29, 0.717) is 5.92 Å². The van der Waals surface area contributed by atoms with Crippen LogP contribution in [0, 0.1) is 6.92 Å². The van der Waals surface area contributed by atoms with E-state index in [-0.39, 0.29) is 6.10 Å². The summed E-state index contributed by atoms with van der Waals surface area (Å²) in [6.45, 7) is 2.13. The third-order valence-corrected chi connectivity index (χ3v) is 3.80. The normalized spacial score (nSPS) is 25.3. The quantitative estimate of drug-likeness (QED) is 0.817. The van der Waals surface area contributed by atoms with Gasteiger partial charge in [0.15, 0.2) is 5.65 Å². The van der Waals surface area contributed by atoms with Crippen molar-refractivity contribution in [2.75, 3.05) is 0 Å². The highest BCUT2D eigenvalue weighted by atomic mass is 16.3. The lowest BCUT2D eigenvalue weighted by atomic mass is 9.82. The summed E-state index contributed by atoms with van der Waals surface area (Å²) < 4.78 is 1.84. The Bertz CT molecular complexity index is 526. The van der Waals surface area contributed by atoms with E-state index in [9.17, 15) is 5.11 Å². The molecule has 0 spiro atoms. The fourth-order valence-electron chi connectivity index (χ4n) is 2.79. The molecule has 2 aromatic heterocycles. The summed E-state index contributed by atoms with van der Waals surface area (Å²) >= 11 is 0. The van der Waals surface area contributed by atoms with Crippen LogP contribution in [0.15, 0.2) is 18.6 Å². The maximum absolute atomic E-state index is 9.55. The monoisotopic (exact) mass is 231 g/mol. The number of nitrogens with zero attached hydrogens (tertiary/aromatic N) is 3. The van der Waals surface area contributed by atoms with Crippen molar-refractivity contribution < 1.29 is 5.11 Å². The van der Waals surface area contributed by atoms with E-state index in [1.54, 1.807) is 6.33 Å². The van der Waals surface area contributed by atoms with Gasteiger partial charge in [0, 0.05) is 6.20 Å². The lowest BCUT2D eigenvalue weighted by Gasteiger charge is -2.26. The van der Waals surface area contributed by atoms with Crippen LogP contribution in [0.1, 0.15) is 42.7 Å². The van der Waals surface area contributed by atoms with Gasteiger partial charge in [-0.25, -0.2) is 9.50 Å². The average Bonchev–Trinajstić information content (AvgIpc) is 2.76. The molecule has 0 radical (unpaired) electrons. The van der Waals surface area contributed by atoms with Gasteiger partial charge in [0.25, 0.3) is 0 Å². The van der Waals surface area contributed by atoms with Gasteiger partial charge in [-0.15, -0.1) is 0 Å². The van der Waals surface area contributed by atoms with Crippen LogP contribution in [0.3, 0.4) is 0 Å². The zero-order chi connectivity index (χ0) is 11.8. The van der Waals surface area contributed by atoms with Gasteiger partial charge in [-0.05, 0) is 55.7 Å². The minimum Gasteiger partial charge on any atom is -0.393 e. The lowest BCUT2D eigenvalue weighted by molar-refractivity contribution is 0.122. The van der Waals surface area contributed by atoms with Crippen molar-refractivity contribution in [3.63, 3.8) is 0 Å². The third-order valence-electron chi connectivity index (χ3n) is 3.80. The number of fused-ring (bicyclic) bond motifs is 1. The number of hydrogen-bond donors (Lipinski definition) is 1. The standard InChI is InChI=1S/C13H17N3O/c1-9-6-13-14-8-15-16(13)7-12(9)10-2-4-11(17)5-3-10/h6-8,10-11,17H,2-5H2,1H3. The van der Waals surface area contributed by atoms with Crippen molar-refractivity contribution >= 4 is 5.65 Å². The summed E-state index contributed by atoms with van der Waals surface area (Å²) in [7, 11) is 0. The van der Waals surface area contributed by atoms with Crippen LogP contribution in [0.25, 0.3) is 5.65 Å². The number of pyridine rings is 1. The second kappa shape index (κ2) is 4.11. The van der Waals surface area contributed by atoms with Gasteiger partial charge >= 0.3 is 0 Å². The molecule has 90 valence electrons. The molecule has 0 saturated heterocycles. The van der Waals surface area contributed by atoms with Gasteiger partial charge in [0.1, 0.15) is 6.33 Å². The molecule has 4 nitrogen and oxygen atoms in total. The van der Waals surface area contributed by atoms with E-state index < -0.39 is 0 Å². The molecule has 2 heterocycles. The number of hydrogen-bond acceptors (Lipinski definition) is 3. The summed E-state index contributed by atoms with van der Waals surface area (Å²) in [5.74, 6) is 0.562. The summed E-state index contributed by atoms with van der Waals surface area (Å²) in [6, 6.07) is 2.09. The molecule has 1 fully saturated rings. The molecule has 1 aliphatic rings. The second-order valence-corrected chi connectivity index (χ2v) is 4.98. The molecule has 3 rings (SSSR count). The largest absolute Gasteiger partial charge is 0.393 e. The number of aliphatic hydroxyl groups is 1. The van der Waals surface area contributed by atoms with E-state index in [1.807, 2.05) is 4.52 Å². The van der Waals surface area contributed by atoms with Crippen molar-refractivity contribution in [3.05, 3.63) is 29.7 Å². The average molecular weight is 231 g/mol. The molecule has 2 aromatic rings. The van der Waals surface area contributed by atoms with Gasteiger partial charge in [0.05, 0.1) is 6.10 Å². The van der Waals surface area contributed by atoms with Crippen LogP contribution < -0.4 is 0 Å². The Kier molecular flexibility index (Phi) is 2.59. The summed E-state index contributed by atoms with van der Waals surface area (Å²) in [5, 5.41) is 13.7. The van der Waals surface area contributed by atoms with Crippen molar-refractivity contribution in [3.8, 4) is 0 Å². The molecule has 17 heavy (non-hydrogen) atoms. The Hall–Kier alpha value is -1.42. The molecule has 0 atom stereocenters. The van der Waals surface area contributed by atoms with Gasteiger partial charge < -0.3 is 5.11 Å². The van der Waals surface area contributed by atoms with E-state index >= 15 is 0 Å². The van der Waals surface area contributed by atoms with Crippen molar-refractivity contribution in [2.45, 2.75) is 44.6 Å². The van der Waals surface area contributed by atoms with Gasteiger partial charge in [-0.2, -0.15) is 5.10 Å². The number of aliphatic hydroxyl groups excluding tert-OH is 1. The predicted molar refractivity (Wildman–Crippen MR) is 64.9 cm³/mol. The van der Waals surface area contributed by atoms with Crippen LogP contribution in [0.4, 0.5) is 0 Å². The Morgan fingerprint density at radius 2 is 2.06 bits per heavy atom. The molecule has 4 heteroatoms. The fraction of sp³-hybridized carbons (Fsp3) is 0.538. The molecule has 1 aliphatic carbocycles. The fourth-order valence-corrected chi connectivity index (χ4v) is 2.79. The molecule has 0 amide bonds. The van der Waals surface area contributed by atoms with Crippen LogP contribution >= 0.6 is 0 Å². The Labute approximate surface area is 100 Å². The van der Waals surface area contributed by atoms with Crippen molar-refractivity contribution in [2.24, 2.45) is 0 Å². The van der Waals surface area contributed by atoms with Crippen LogP contribution in [0.5, 0.6) is 0 Å². The van der Waals surface area contributed by atoms with Crippen molar-refractivity contribution in [1.29, 1.82) is 0 Å². The van der Waals surface area contributed by atoms with Crippen LogP contribution in [-0.4, -0.2) is 25.8 Å². The van der Waals surface area contributed by atoms with Gasteiger partial charge in [-0.1, -0.05) is 0 Å². The molecule has 0 unspecified atom stereocenters. The van der Waals surface area contributed by atoms with Gasteiger partial charge in [0.2, 0.25) is 0 Å². The minimum absolute atomic E-state index is 0.0957. The first-order valence-electron chi connectivity index (χ1n) is 6.22. The lowest BCUT2D eigenvalue weighted by Crippen LogP contribution is -2.18. The van der Waals surface area contributed by atoms with Gasteiger partial charge in [-0.3, -0.25) is 0 Å². The Balaban J connectivity index is 1.96. The Morgan fingerprint density at radius 3 is 2.82 bits per heavy atom. The number of rotatable bonds is 1. The zero-order valence-electron chi connectivity index (χ0n) is 10.0. The Morgan fingerprint density at radius 1 is 1.29 bits per heavy atom. The van der Waals surface area contributed by atoms with E-state index in [4.69, 9.17) is 0 Å². The van der Waals surface area contributed by atoms with E-state index in [1.165, 1.54) is 11.1 Å². The molecular weight excluding hydrogens is 214 g/mol. The minimum atomic E-state index is -0.0957. The molecule has 0 bridgehead atoms. The smallest absolute Gasteiger partial charge is 0.155 e. The second-order valence-electron chi connectivity index (χ2n) is 4.98. The maximum Gasteiger partial charge on any atom is 0.155 e. The van der Waals surface area contributed by atoms with Crippen LogP contribution in [-0.2, 0) is 0 Å². The maximum atomic E-state index is 9.55. The first kappa shape index (κ1) is 10.7. The first-order chi connectivity index (χ1) is 8.24. The van der Waals surface area contributed by atoms with E-state index in [0.717, 1.165) is 31.3 Å². The summed E-state index contributed by atoms with van der Waals surface area (Å²) in [4.78, 5) is 4.19. The predicted octanol–water partition coefficient (Wildman–Crippen LogP) is 2.06. The number of aromatic nitrogens is 3. The highest BCUT2D eigenvalue weighted by Crippen LogP contribution is 2.34.